The number of pyridine rings is 1. The average Bonchev–Trinajstić information content (AvgIpc) is 2.60. The largest absolute Gasteiger partial charge is 0.482 e. The van der Waals surface area contributed by atoms with Crippen LogP contribution in [0.2, 0.25) is 0 Å². The van der Waals surface area contributed by atoms with Crippen molar-refractivity contribution < 1.29 is 27.5 Å². The molecule has 0 fully saturated rings. The van der Waals surface area contributed by atoms with E-state index >= 15 is 0 Å². The maximum absolute atomic E-state index is 12.5. The Kier molecular flexibility index (Phi) is 4.54. The summed E-state index contributed by atoms with van der Waals surface area (Å²) in [6.45, 7) is 1.65. The fourth-order valence-electron chi connectivity index (χ4n) is 2.43. The summed E-state index contributed by atoms with van der Waals surface area (Å²) in [7, 11) is 0. The van der Waals surface area contributed by atoms with Gasteiger partial charge in [0, 0.05) is 6.20 Å². The third kappa shape index (κ3) is 3.76. The molecule has 1 aliphatic heterocycles. The van der Waals surface area contributed by atoms with Crippen LogP contribution in [0.25, 0.3) is 0 Å². The highest BCUT2D eigenvalue weighted by Crippen LogP contribution is 2.31. The van der Waals surface area contributed by atoms with E-state index < -0.39 is 23.8 Å². The van der Waals surface area contributed by atoms with Gasteiger partial charge >= 0.3 is 6.18 Å². The summed E-state index contributed by atoms with van der Waals surface area (Å²) in [6, 6.07) is 6.44. The molecule has 2 aromatic rings. The minimum Gasteiger partial charge on any atom is -0.482 e. The van der Waals surface area contributed by atoms with Gasteiger partial charge in [0.1, 0.15) is 11.4 Å². The van der Waals surface area contributed by atoms with Crippen LogP contribution in [0.3, 0.4) is 0 Å². The fraction of sp³-hybridized carbons (Fsp3) is 0.235. The van der Waals surface area contributed by atoms with Gasteiger partial charge in [-0.25, -0.2) is 0 Å². The molecule has 0 bridgehead atoms. The summed E-state index contributed by atoms with van der Waals surface area (Å²) in [4.78, 5) is 26.8. The summed E-state index contributed by atoms with van der Waals surface area (Å²) in [6.07, 6.45) is -3.68. The summed E-state index contributed by atoms with van der Waals surface area (Å²) < 4.78 is 42.8. The second kappa shape index (κ2) is 6.66. The van der Waals surface area contributed by atoms with Crippen LogP contribution < -0.4 is 15.4 Å². The molecule has 0 saturated carbocycles. The molecule has 2 heterocycles. The van der Waals surface area contributed by atoms with Gasteiger partial charge in [-0.3, -0.25) is 14.6 Å². The Morgan fingerprint density at radius 1 is 1.31 bits per heavy atom. The Hall–Kier alpha value is -3.10. The van der Waals surface area contributed by atoms with Crippen LogP contribution in [0.1, 0.15) is 34.6 Å². The molecule has 1 atom stereocenters. The first kappa shape index (κ1) is 17.7. The Morgan fingerprint density at radius 3 is 2.73 bits per heavy atom. The van der Waals surface area contributed by atoms with E-state index in [9.17, 15) is 22.8 Å². The second-order valence-electron chi connectivity index (χ2n) is 5.72. The predicted octanol–water partition coefficient (Wildman–Crippen LogP) is 2.92. The molecule has 0 saturated heterocycles. The van der Waals surface area contributed by atoms with Crippen molar-refractivity contribution in [1.29, 1.82) is 0 Å². The van der Waals surface area contributed by atoms with Crippen LogP contribution in [-0.4, -0.2) is 23.4 Å². The fourth-order valence-corrected chi connectivity index (χ4v) is 2.43. The lowest BCUT2D eigenvalue weighted by molar-refractivity contribution is -0.141. The van der Waals surface area contributed by atoms with E-state index in [1.165, 1.54) is 0 Å². The molecule has 2 N–H and O–H groups in total. The van der Waals surface area contributed by atoms with E-state index in [0.29, 0.717) is 17.0 Å². The Balaban J connectivity index is 1.71. The van der Waals surface area contributed by atoms with E-state index in [2.05, 4.69) is 15.6 Å². The lowest BCUT2D eigenvalue weighted by Gasteiger charge is -2.21. The van der Waals surface area contributed by atoms with Crippen molar-refractivity contribution in [3.63, 3.8) is 0 Å². The predicted molar refractivity (Wildman–Crippen MR) is 85.7 cm³/mol. The number of ether oxygens (including phenoxy) is 1. The first-order chi connectivity index (χ1) is 12.2. The molecule has 1 aromatic heterocycles. The number of amides is 2. The molecule has 26 heavy (non-hydrogen) atoms. The van der Waals surface area contributed by atoms with Gasteiger partial charge in [0.15, 0.2) is 6.61 Å². The van der Waals surface area contributed by atoms with E-state index in [0.717, 1.165) is 18.3 Å². The van der Waals surface area contributed by atoms with Crippen LogP contribution in [0.15, 0.2) is 36.5 Å². The molecule has 9 heteroatoms. The monoisotopic (exact) mass is 365 g/mol. The smallest absolute Gasteiger partial charge is 0.433 e. The molecule has 1 aliphatic rings. The minimum absolute atomic E-state index is 0.0134. The van der Waals surface area contributed by atoms with Crippen LogP contribution >= 0.6 is 0 Å². The molecular weight excluding hydrogens is 351 g/mol. The molecule has 0 aliphatic carbocycles. The zero-order chi connectivity index (χ0) is 18.9. The molecule has 2 amide bonds. The Labute approximate surface area is 146 Å². The van der Waals surface area contributed by atoms with Crippen LogP contribution in [0, 0.1) is 0 Å². The second-order valence-corrected chi connectivity index (χ2v) is 5.72. The summed E-state index contributed by atoms with van der Waals surface area (Å²) in [5.74, 6) is -0.308. The van der Waals surface area contributed by atoms with Crippen molar-refractivity contribution in [2.75, 3.05) is 11.9 Å². The molecule has 3 rings (SSSR count). The lowest BCUT2D eigenvalue weighted by Crippen LogP contribution is -2.28. The lowest BCUT2D eigenvalue weighted by atomic mass is 10.1. The Morgan fingerprint density at radius 2 is 2.08 bits per heavy atom. The van der Waals surface area contributed by atoms with Crippen molar-refractivity contribution >= 4 is 17.5 Å². The standard InChI is InChI=1S/C17H14F3N3O3/c1-9(10-2-4-13-12(6-10)23-15(24)8-26-13)22-16(25)11-3-5-14(21-7-11)17(18,19)20/h2-7,9H,8H2,1H3,(H,22,25)(H,23,24)/t9-/m0/s1. The molecule has 6 nitrogen and oxygen atoms in total. The van der Waals surface area contributed by atoms with E-state index in [4.69, 9.17) is 4.74 Å². The van der Waals surface area contributed by atoms with Gasteiger partial charge in [-0.1, -0.05) is 6.07 Å². The third-order valence-electron chi connectivity index (χ3n) is 3.80. The number of fused-ring (bicyclic) bond motifs is 1. The van der Waals surface area contributed by atoms with E-state index in [1.54, 1.807) is 25.1 Å². The molecular formula is C17H14F3N3O3. The summed E-state index contributed by atoms with van der Waals surface area (Å²) >= 11 is 0. The number of aromatic nitrogens is 1. The number of benzene rings is 1. The number of hydrogen-bond acceptors (Lipinski definition) is 4. The van der Waals surface area contributed by atoms with E-state index in [1.807, 2.05) is 0 Å². The number of alkyl halides is 3. The van der Waals surface area contributed by atoms with Crippen molar-refractivity contribution in [2.24, 2.45) is 0 Å². The van der Waals surface area contributed by atoms with Gasteiger partial charge < -0.3 is 15.4 Å². The average molecular weight is 365 g/mol. The SMILES string of the molecule is C[C@H](NC(=O)c1ccc(C(F)(F)F)nc1)c1ccc2c(c1)NC(=O)CO2. The highest BCUT2D eigenvalue weighted by Gasteiger charge is 2.32. The zero-order valence-electron chi connectivity index (χ0n) is 13.6. The number of nitrogens with zero attached hydrogens (tertiary/aromatic N) is 1. The van der Waals surface area contributed by atoms with Gasteiger partial charge in [0.25, 0.3) is 11.8 Å². The zero-order valence-corrected chi connectivity index (χ0v) is 13.6. The topological polar surface area (TPSA) is 80.3 Å². The highest BCUT2D eigenvalue weighted by molar-refractivity contribution is 5.96. The van der Waals surface area contributed by atoms with Crippen LogP contribution in [-0.2, 0) is 11.0 Å². The molecule has 0 spiro atoms. The van der Waals surface area contributed by atoms with E-state index in [-0.39, 0.29) is 18.1 Å². The number of halogens is 3. The van der Waals surface area contributed by atoms with Gasteiger partial charge in [-0.2, -0.15) is 13.2 Å². The normalized spacial score (nSPS) is 14.7. The number of hydrogen-bond donors (Lipinski definition) is 2. The van der Waals surface area contributed by atoms with Crippen molar-refractivity contribution in [1.82, 2.24) is 10.3 Å². The van der Waals surface area contributed by atoms with Gasteiger partial charge in [-0.15, -0.1) is 0 Å². The van der Waals surface area contributed by atoms with Crippen molar-refractivity contribution in [2.45, 2.75) is 19.1 Å². The maximum Gasteiger partial charge on any atom is 0.433 e. The van der Waals surface area contributed by atoms with Gasteiger partial charge in [-0.05, 0) is 36.8 Å². The molecule has 136 valence electrons. The van der Waals surface area contributed by atoms with Crippen LogP contribution in [0.5, 0.6) is 5.75 Å². The van der Waals surface area contributed by atoms with Crippen molar-refractivity contribution in [3.8, 4) is 5.75 Å². The van der Waals surface area contributed by atoms with Gasteiger partial charge in [0.05, 0.1) is 17.3 Å². The van der Waals surface area contributed by atoms with Crippen molar-refractivity contribution in [3.05, 3.63) is 53.3 Å². The summed E-state index contributed by atoms with van der Waals surface area (Å²) in [5, 5.41) is 5.34. The first-order valence-electron chi connectivity index (χ1n) is 7.65. The Bertz CT molecular complexity index is 851. The number of nitrogens with one attached hydrogen (secondary N) is 2. The quantitative estimate of drug-likeness (QED) is 0.877. The highest BCUT2D eigenvalue weighted by atomic mass is 19.4. The molecule has 0 radical (unpaired) electrons. The van der Waals surface area contributed by atoms with Gasteiger partial charge in [0.2, 0.25) is 0 Å². The maximum atomic E-state index is 12.5. The molecule has 0 unspecified atom stereocenters. The number of anilines is 1. The number of carbonyl (C=O) groups is 2. The molecule has 1 aromatic carbocycles. The first-order valence-corrected chi connectivity index (χ1v) is 7.65. The third-order valence-corrected chi connectivity index (χ3v) is 3.80. The number of carbonyl (C=O) groups excluding carboxylic acids is 2. The summed E-state index contributed by atoms with van der Waals surface area (Å²) in [5.41, 5.74) is 0.144. The number of rotatable bonds is 3. The minimum atomic E-state index is -4.56. The van der Waals surface area contributed by atoms with Crippen LogP contribution in [0.4, 0.5) is 18.9 Å².